The molecule has 0 aliphatic carbocycles. The lowest BCUT2D eigenvalue weighted by atomic mass is 10.1. The summed E-state index contributed by atoms with van der Waals surface area (Å²) in [6, 6.07) is 5.63. The molecular formula is C12H15ClF3NO2. The number of benzene rings is 1. The molecule has 0 spiro atoms. The fourth-order valence-corrected chi connectivity index (χ4v) is 1.85. The van der Waals surface area contributed by atoms with Crippen LogP contribution in [0.4, 0.5) is 13.2 Å². The average Bonchev–Trinajstić information content (AvgIpc) is 2.28. The van der Waals surface area contributed by atoms with E-state index in [1.807, 2.05) is 0 Å². The van der Waals surface area contributed by atoms with Crippen LogP contribution in [0.25, 0.3) is 0 Å². The van der Waals surface area contributed by atoms with E-state index in [0.29, 0.717) is 5.75 Å². The van der Waals surface area contributed by atoms with Crippen LogP contribution < -0.4 is 14.8 Å². The van der Waals surface area contributed by atoms with Crippen LogP contribution in [0.5, 0.6) is 11.5 Å². The summed E-state index contributed by atoms with van der Waals surface area (Å²) in [5.74, 6) is 0.151. The topological polar surface area (TPSA) is 30.5 Å². The zero-order chi connectivity index (χ0) is 13.0. The fraction of sp³-hybridized carbons (Fsp3) is 0.500. The second-order valence-corrected chi connectivity index (χ2v) is 4.09. The fourth-order valence-electron chi connectivity index (χ4n) is 1.85. The molecule has 0 atom stereocenters. The summed E-state index contributed by atoms with van der Waals surface area (Å²) in [5.41, 5.74) is 0. The lowest BCUT2D eigenvalue weighted by molar-refractivity contribution is -0.274. The van der Waals surface area contributed by atoms with Gasteiger partial charge in [0.2, 0.25) is 0 Å². The van der Waals surface area contributed by atoms with Gasteiger partial charge in [0.15, 0.2) is 0 Å². The smallest absolute Gasteiger partial charge is 0.490 e. The van der Waals surface area contributed by atoms with Crippen molar-refractivity contribution in [1.82, 2.24) is 5.32 Å². The van der Waals surface area contributed by atoms with E-state index in [4.69, 9.17) is 4.74 Å². The second kappa shape index (κ2) is 6.86. The lowest BCUT2D eigenvalue weighted by Gasteiger charge is -2.24. The highest BCUT2D eigenvalue weighted by atomic mass is 35.5. The minimum atomic E-state index is -4.67. The molecule has 7 heteroatoms. The number of hydrogen-bond donors (Lipinski definition) is 1. The van der Waals surface area contributed by atoms with E-state index in [2.05, 4.69) is 10.1 Å². The SMILES string of the molecule is Cl.FC(F)(F)Oc1cccc(OC2CCNCC2)c1. The molecule has 1 heterocycles. The largest absolute Gasteiger partial charge is 0.573 e. The summed E-state index contributed by atoms with van der Waals surface area (Å²) < 4.78 is 45.6. The van der Waals surface area contributed by atoms with Crippen LogP contribution in [-0.2, 0) is 0 Å². The molecule has 1 aliphatic rings. The number of alkyl halides is 3. The first-order chi connectivity index (χ1) is 8.53. The third-order valence-corrected chi connectivity index (χ3v) is 2.63. The first kappa shape index (κ1) is 15.9. The first-order valence-electron chi connectivity index (χ1n) is 5.76. The molecule has 1 saturated heterocycles. The van der Waals surface area contributed by atoms with Gasteiger partial charge in [0.25, 0.3) is 0 Å². The highest BCUT2D eigenvalue weighted by molar-refractivity contribution is 5.85. The zero-order valence-corrected chi connectivity index (χ0v) is 10.9. The van der Waals surface area contributed by atoms with E-state index in [9.17, 15) is 13.2 Å². The van der Waals surface area contributed by atoms with E-state index in [0.717, 1.165) is 25.9 Å². The maximum absolute atomic E-state index is 12.1. The van der Waals surface area contributed by atoms with E-state index in [1.54, 1.807) is 6.07 Å². The van der Waals surface area contributed by atoms with Crippen molar-refractivity contribution in [3.63, 3.8) is 0 Å². The van der Waals surface area contributed by atoms with Gasteiger partial charge in [-0.25, -0.2) is 0 Å². The Morgan fingerprint density at radius 2 is 1.74 bits per heavy atom. The molecule has 1 aromatic rings. The molecule has 1 fully saturated rings. The van der Waals surface area contributed by atoms with Gasteiger partial charge in [-0.05, 0) is 38.1 Å². The number of halogens is 4. The molecule has 108 valence electrons. The van der Waals surface area contributed by atoms with Gasteiger partial charge in [0, 0.05) is 6.07 Å². The van der Waals surface area contributed by atoms with Crippen LogP contribution in [0.15, 0.2) is 24.3 Å². The van der Waals surface area contributed by atoms with Gasteiger partial charge in [-0.1, -0.05) is 6.07 Å². The number of ether oxygens (including phenoxy) is 2. The van der Waals surface area contributed by atoms with Crippen molar-refractivity contribution >= 4 is 12.4 Å². The number of hydrogen-bond acceptors (Lipinski definition) is 3. The summed E-state index contributed by atoms with van der Waals surface area (Å²) in [6.45, 7) is 1.73. The first-order valence-corrected chi connectivity index (χ1v) is 5.76. The van der Waals surface area contributed by atoms with Crippen molar-refractivity contribution in [3.05, 3.63) is 24.3 Å². The third kappa shape index (κ3) is 5.57. The van der Waals surface area contributed by atoms with Gasteiger partial charge in [0.1, 0.15) is 17.6 Å². The van der Waals surface area contributed by atoms with Crippen molar-refractivity contribution in [2.75, 3.05) is 13.1 Å². The van der Waals surface area contributed by atoms with Crippen molar-refractivity contribution in [2.45, 2.75) is 25.3 Å². The minimum absolute atomic E-state index is 0. The van der Waals surface area contributed by atoms with E-state index >= 15 is 0 Å². The number of nitrogens with one attached hydrogen (secondary N) is 1. The van der Waals surface area contributed by atoms with Crippen molar-refractivity contribution in [3.8, 4) is 11.5 Å². The Bertz CT molecular complexity index is 395. The zero-order valence-electron chi connectivity index (χ0n) is 10.1. The Labute approximate surface area is 115 Å². The van der Waals surface area contributed by atoms with Gasteiger partial charge in [-0.3, -0.25) is 0 Å². The van der Waals surface area contributed by atoms with Crippen LogP contribution in [0.3, 0.4) is 0 Å². The van der Waals surface area contributed by atoms with E-state index in [-0.39, 0.29) is 24.3 Å². The highest BCUT2D eigenvalue weighted by Crippen LogP contribution is 2.27. The Morgan fingerprint density at radius 3 is 2.37 bits per heavy atom. The molecule has 0 radical (unpaired) electrons. The van der Waals surface area contributed by atoms with Crippen LogP contribution in [-0.4, -0.2) is 25.6 Å². The van der Waals surface area contributed by atoms with Crippen molar-refractivity contribution in [2.24, 2.45) is 0 Å². The molecule has 2 rings (SSSR count). The van der Waals surface area contributed by atoms with E-state index < -0.39 is 6.36 Å². The Kier molecular flexibility index (Phi) is 5.75. The molecular weight excluding hydrogens is 283 g/mol. The minimum Gasteiger partial charge on any atom is -0.490 e. The standard InChI is InChI=1S/C12H14F3NO2.ClH/c13-12(14,15)18-11-3-1-2-10(8-11)17-9-4-6-16-7-5-9;/h1-3,8-9,16H,4-7H2;1H. The summed E-state index contributed by atoms with van der Waals surface area (Å²) in [4.78, 5) is 0. The molecule has 0 bridgehead atoms. The van der Waals surface area contributed by atoms with Crippen molar-refractivity contribution < 1.29 is 22.6 Å². The Morgan fingerprint density at radius 1 is 1.11 bits per heavy atom. The van der Waals surface area contributed by atoms with Gasteiger partial charge >= 0.3 is 6.36 Å². The molecule has 19 heavy (non-hydrogen) atoms. The summed E-state index contributed by atoms with van der Waals surface area (Å²) in [5, 5.41) is 3.19. The van der Waals surface area contributed by atoms with Gasteiger partial charge in [-0.2, -0.15) is 0 Å². The van der Waals surface area contributed by atoms with Gasteiger partial charge in [0.05, 0.1) is 0 Å². The Hall–Kier alpha value is -1.14. The third-order valence-electron chi connectivity index (χ3n) is 2.63. The molecule has 0 amide bonds. The predicted molar refractivity (Wildman–Crippen MR) is 66.9 cm³/mol. The quantitative estimate of drug-likeness (QED) is 0.930. The molecule has 1 N–H and O–H groups in total. The maximum atomic E-state index is 12.1. The number of rotatable bonds is 3. The molecule has 1 aromatic carbocycles. The van der Waals surface area contributed by atoms with Crippen molar-refractivity contribution in [1.29, 1.82) is 0 Å². The molecule has 3 nitrogen and oxygen atoms in total. The van der Waals surface area contributed by atoms with Gasteiger partial charge in [-0.15, -0.1) is 25.6 Å². The van der Waals surface area contributed by atoms with Crippen LogP contribution in [0, 0.1) is 0 Å². The molecule has 0 unspecified atom stereocenters. The summed E-state index contributed by atoms with van der Waals surface area (Å²) in [7, 11) is 0. The van der Waals surface area contributed by atoms with Crippen LogP contribution in [0.1, 0.15) is 12.8 Å². The summed E-state index contributed by atoms with van der Waals surface area (Å²) in [6.07, 6.45) is -2.92. The predicted octanol–water partition coefficient (Wildman–Crippen LogP) is 3.14. The molecule has 1 aliphatic heterocycles. The molecule has 0 saturated carbocycles. The second-order valence-electron chi connectivity index (χ2n) is 4.09. The average molecular weight is 298 g/mol. The normalized spacial score (nSPS) is 16.6. The number of piperidine rings is 1. The summed E-state index contributed by atoms with van der Waals surface area (Å²) >= 11 is 0. The van der Waals surface area contributed by atoms with Crippen LogP contribution in [0.2, 0.25) is 0 Å². The Balaban J connectivity index is 0.00000180. The maximum Gasteiger partial charge on any atom is 0.573 e. The molecule has 0 aromatic heterocycles. The lowest BCUT2D eigenvalue weighted by Crippen LogP contribution is -2.34. The van der Waals surface area contributed by atoms with Crippen LogP contribution >= 0.6 is 12.4 Å². The highest BCUT2D eigenvalue weighted by Gasteiger charge is 2.31. The van der Waals surface area contributed by atoms with E-state index in [1.165, 1.54) is 18.2 Å². The van der Waals surface area contributed by atoms with Gasteiger partial charge < -0.3 is 14.8 Å². The monoisotopic (exact) mass is 297 g/mol.